The number of nitrogens with one attached hydrogen (secondary N) is 1. The first-order chi connectivity index (χ1) is 14.8. The minimum absolute atomic E-state index is 0.680. The molecule has 0 atom stereocenters. The number of fused-ring (bicyclic) bond motifs is 3. The van der Waals surface area contributed by atoms with Crippen LogP contribution >= 0.6 is 11.8 Å². The van der Waals surface area contributed by atoms with Crippen molar-refractivity contribution in [2.45, 2.75) is 4.90 Å². The average Bonchev–Trinajstić information content (AvgIpc) is 3.24. The number of thioether (sulfide) groups is 1. The summed E-state index contributed by atoms with van der Waals surface area (Å²) >= 11 is 1.72. The van der Waals surface area contributed by atoms with Crippen LogP contribution in [-0.4, -0.2) is 33.2 Å². The molecular weight excluding hydrogens is 394 g/mol. The molecule has 0 aliphatic rings. The van der Waals surface area contributed by atoms with Gasteiger partial charge in [-0.15, -0.1) is 27.1 Å². The number of methoxy groups -OCH3 is 1. The summed E-state index contributed by atoms with van der Waals surface area (Å²) in [7, 11) is 1.65. The van der Waals surface area contributed by atoms with Crippen molar-refractivity contribution in [1.82, 2.24) is 19.8 Å². The summed E-state index contributed by atoms with van der Waals surface area (Å²) in [6, 6.07) is 24.1. The second kappa shape index (κ2) is 7.68. The summed E-state index contributed by atoms with van der Waals surface area (Å²) in [4.78, 5) is 1.22. The van der Waals surface area contributed by atoms with E-state index in [1.165, 1.54) is 4.90 Å². The minimum atomic E-state index is 0.680. The van der Waals surface area contributed by atoms with Gasteiger partial charge in [-0.3, -0.25) is 0 Å². The lowest BCUT2D eigenvalue weighted by molar-refractivity contribution is 0.415. The Kier molecular flexibility index (Phi) is 4.72. The SMILES string of the molecule is COc1ccc(-c2nnc3c4ccccc4c(Nc4ccc(SC)cc4)nn23)cc1. The molecule has 0 aliphatic heterocycles. The molecule has 7 heteroatoms. The average molecular weight is 414 g/mol. The first-order valence-corrected chi connectivity index (χ1v) is 10.7. The van der Waals surface area contributed by atoms with Gasteiger partial charge in [-0.1, -0.05) is 24.3 Å². The van der Waals surface area contributed by atoms with E-state index >= 15 is 0 Å². The molecule has 1 N–H and O–H groups in total. The van der Waals surface area contributed by atoms with Crippen LogP contribution < -0.4 is 10.1 Å². The fraction of sp³-hybridized carbons (Fsp3) is 0.0870. The van der Waals surface area contributed by atoms with Crippen molar-refractivity contribution in [3.8, 4) is 17.1 Å². The zero-order valence-electron chi connectivity index (χ0n) is 16.5. The molecule has 3 aromatic carbocycles. The lowest BCUT2D eigenvalue weighted by atomic mass is 10.1. The molecule has 6 nitrogen and oxygen atoms in total. The third kappa shape index (κ3) is 3.23. The van der Waals surface area contributed by atoms with Gasteiger partial charge < -0.3 is 10.1 Å². The van der Waals surface area contributed by atoms with E-state index in [4.69, 9.17) is 9.84 Å². The van der Waals surface area contributed by atoms with Crippen LogP contribution in [0.25, 0.3) is 27.8 Å². The largest absolute Gasteiger partial charge is 0.497 e. The summed E-state index contributed by atoms with van der Waals surface area (Å²) in [5, 5.41) is 19.2. The summed E-state index contributed by atoms with van der Waals surface area (Å²) in [6.07, 6.45) is 2.07. The normalized spacial score (nSPS) is 11.1. The maximum absolute atomic E-state index is 5.26. The second-order valence-corrected chi connectivity index (χ2v) is 7.61. The van der Waals surface area contributed by atoms with Crippen molar-refractivity contribution >= 4 is 39.7 Å². The molecule has 2 aromatic heterocycles. The Morgan fingerprint density at radius 3 is 2.30 bits per heavy atom. The van der Waals surface area contributed by atoms with Crippen molar-refractivity contribution in [3.05, 3.63) is 72.8 Å². The van der Waals surface area contributed by atoms with Crippen LogP contribution in [0.5, 0.6) is 5.75 Å². The Morgan fingerprint density at radius 2 is 1.60 bits per heavy atom. The Bertz CT molecular complexity index is 1330. The number of rotatable bonds is 5. The first kappa shape index (κ1) is 18.4. The van der Waals surface area contributed by atoms with Crippen molar-refractivity contribution < 1.29 is 4.74 Å². The molecule has 0 fully saturated rings. The fourth-order valence-electron chi connectivity index (χ4n) is 3.40. The lowest BCUT2D eigenvalue weighted by Crippen LogP contribution is -2.02. The second-order valence-electron chi connectivity index (χ2n) is 6.74. The number of ether oxygens (including phenoxy) is 1. The van der Waals surface area contributed by atoms with Gasteiger partial charge in [0.15, 0.2) is 17.3 Å². The molecule has 5 rings (SSSR count). The fourth-order valence-corrected chi connectivity index (χ4v) is 3.81. The summed E-state index contributed by atoms with van der Waals surface area (Å²) in [5.74, 6) is 2.23. The minimum Gasteiger partial charge on any atom is -0.497 e. The molecular formula is C23H19N5OS. The smallest absolute Gasteiger partial charge is 0.186 e. The molecule has 0 radical (unpaired) electrons. The molecule has 0 unspecified atom stereocenters. The molecule has 5 aromatic rings. The maximum Gasteiger partial charge on any atom is 0.186 e. The number of nitrogens with zero attached hydrogens (tertiary/aromatic N) is 4. The van der Waals surface area contributed by atoms with Crippen molar-refractivity contribution in [2.75, 3.05) is 18.7 Å². The monoisotopic (exact) mass is 413 g/mol. The highest BCUT2D eigenvalue weighted by atomic mass is 32.2. The van der Waals surface area contributed by atoms with Gasteiger partial charge in [0.25, 0.3) is 0 Å². The molecule has 2 heterocycles. The predicted octanol–water partition coefficient (Wildman–Crippen LogP) is 5.42. The third-order valence-corrected chi connectivity index (χ3v) is 5.71. The van der Waals surface area contributed by atoms with E-state index in [1.807, 2.05) is 48.5 Å². The maximum atomic E-state index is 5.26. The summed E-state index contributed by atoms with van der Waals surface area (Å²) in [6.45, 7) is 0. The van der Waals surface area contributed by atoms with Crippen molar-refractivity contribution in [1.29, 1.82) is 0 Å². The zero-order chi connectivity index (χ0) is 20.5. The Labute approximate surface area is 177 Å². The van der Waals surface area contributed by atoms with E-state index in [2.05, 4.69) is 46.0 Å². The van der Waals surface area contributed by atoms with E-state index in [0.717, 1.165) is 39.2 Å². The van der Waals surface area contributed by atoms with Gasteiger partial charge in [-0.25, -0.2) is 0 Å². The van der Waals surface area contributed by atoms with Gasteiger partial charge in [-0.05, 0) is 54.8 Å². The lowest BCUT2D eigenvalue weighted by Gasteiger charge is -2.11. The van der Waals surface area contributed by atoms with Crippen molar-refractivity contribution in [2.24, 2.45) is 0 Å². The highest BCUT2D eigenvalue weighted by molar-refractivity contribution is 7.98. The molecule has 148 valence electrons. The van der Waals surface area contributed by atoms with Crippen LogP contribution in [0.2, 0.25) is 0 Å². The highest BCUT2D eigenvalue weighted by Crippen LogP contribution is 2.30. The number of hydrogen-bond acceptors (Lipinski definition) is 6. The van der Waals surface area contributed by atoms with E-state index in [-0.39, 0.29) is 0 Å². The van der Waals surface area contributed by atoms with E-state index < -0.39 is 0 Å². The van der Waals surface area contributed by atoms with Crippen LogP contribution in [0.15, 0.2) is 77.7 Å². The zero-order valence-corrected chi connectivity index (χ0v) is 17.4. The molecule has 0 saturated heterocycles. The van der Waals surface area contributed by atoms with E-state index in [1.54, 1.807) is 23.4 Å². The Balaban J connectivity index is 1.66. The Hall–Kier alpha value is -3.58. The van der Waals surface area contributed by atoms with Crippen LogP contribution in [-0.2, 0) is 0 Å². The predicted molar refractivity (Wildman–Crippen MR) is 122 cm³/mol. The molecule has 0 amide bonds. The van der Waals surface area contributed by atoms with Gasteiger partial charge in [0.1, 0.15) is 5.75 Å². The van der Waals surface area contributed by atoms with Crippen molar-refractivity contribution in [3.63, 3.8) is 0 Å². The summed E-state index contributed by atoms with van der Waals surface area (Å²) < 4.78 is 7.06. The number of hydrogen-bond donors (Lipinski definition) is 1. The molecule has 0 bridgehead atoms. The van der Waals surface area contributed by atoms with Crippen LogP contribution in [0.4, 0.5) is 11.5 Å². The highest BCUT2D eigenvalue weighted by Gasteiger charge is 2.15. The number of aromatic nitrogens is 4. The van der Waals surface area contributed by atoms with Gasteiger partial charge in [0.05, 0.1) is 7.11 Å². The molecule has 0 spiro atoms. The third-order valence-electron chi connectivity index (χ3n) is 4.96. The number of benzene rings is 3. The topological polar surface area (TPSA) is 64.3 Å². The molecule has 0 saturated carbocycles. The van der Waals surface area contributed by atoms with E-state index in [0.29, 0.717) is 5.82 Å². The quantitative estimate of drug-likeness (QED) is 0.388. The van der Waals surface area contributed by atoms with Gasteiger partial charge in [0.2, 0.25) is 0 Å². The van der Waals surface area contributed by atoms with Gasteiger partial charge >= 0.3 is 0 Å². The first-order valence-electron chi connectivity index (χ1n) is 9.46. The summed E-state index contributed by atoms with van der Waals surface area (Å²) in [5.41, 5.74) is 2.62. The van der Waals surface area contributed by atoms with Gasteiger partial charge in [0, 0.05) is 26.9 Å². The van der Waals surface area contributed by atoms with Crippen LogP contribution in [0.3, 0.4) is 0 Å². The standard InChI is InChI=1S/C23H19N5OS/c1-29-17-11-7-15(8-12-17)22-25-26-23-20-6-4-3-5-19(20)21(27-28(22)23)24-16-9-13-18(30-2)14-10-16/h3-14H,1-2H3,(H,24,27). The van der Waals surface area contributed by atoms with Crippen LogP contribution in [0, 0.1) is 0 Å². The Morgan fingerprint density at radius 1 is 0.867 bits per heavy atom. The van der Waals surface area contributed by atoms with E-state index in [9.17, 15) is 0 Å². The van der Waals surface area contributed by atoms with Crippen LogP contribution in [0.1, 0.15) is 0 Å². The number of anilines is 2. The van der Waals surface area contributed by atoms with Gasteiger partial charge in [-0.2, -0.15) is 4.52 Å². The molecule has 30 heavy (non-hydrogen) atoms. The molecule has 0 aliphatic carbocycles.